The molecule has 3 rings (SSSR count). The van der Waals surface area contributed by atoms with E-state index in [1.54, 1.807) is 12.1 Å². The summed E-state index contributed by atoms with van der Waals surface area (Å²) in [5.74, 6) is -0.156. The number of amides is 1. The van der Waals surface area contributed by atoms with Gasteiger partial charge < -0.3 is 4.74 Å². The van der Waals surface area contributed by atoms with E-state index in [0.29, 0.717) is 11.4 Å². The van der Waals surface area contributed by atoms with Crippen LogP contribution < -0.4 is 10.2 Å². The zero-order chi connectivity index (χ0) is 19.1. The van der Waals surface area contributed by atoms with E-state index in [1.807, 2.05) is 30.3 Å². The largest absolute Gasteiger partial charge is 0.434 e. The van der Waals surface area contributed by atoms with Crippen molar-refractivity contribution in [2.24, 2.45) is 5.10 Å². The zero-order valence-electron chi connectivity index (χ0n) is 13.9. The van der Waals surface area contributed by atoms with Gasteiger partial charge in [0.25, 0.3) is 5.91 Å². The summed E-state index contributed by atoms with van der Waals surface area (Å²) in [6, 6.07) is 15.3. The molecular formula is C17H14F2N6O2. The first-order chi connectivity index (χ1) is 13.1. The van der Waals surface area contributed by atoms with Crippen LogP contribution in [0.4, 0.5) is 8.78 Å². The number of hydrogen-bond donors (Lipinski definition) is 1. The van der Waals surface area contributed by atoms with Crippen LogP contribution >= 0.6 is 0 Å². The van der Waals surface area contributed by atoms with Crippen molar-refractivity contribution in [3.05, 3.63) is 60.2 Å². The molecule has 10 heteroatoms. The van der Waals surface area contributed by atoms with Crippen molar-refractivity contribution in [2.75, 3.05) is 0 Å². The van der Waals surface area contributed by atoms with E-state index in [2.05, 4.69) is 30.7 Å². The molecule has 0 atom stereocenters. The predicted octanol–water partition coefficient (Wildman–Crippen LogP) is 2.09. The van der Waals surface area contributed by atoms with Gasteiger partial charge in [0.15, 0.2) is 0 Å². The number of aromatic nitrogens is 4. The Labute approximate surface area is 152 Å². The van der Waals surface area contributed by atoms with Gasteiger partial charge in [-0.05, 0) is 17.3 Å². The number of alkyl halides is 2. The van der Waals surface area contributed by atoms with E-state index in [1.165, 1.54) is 18.3 Å². The third-order valence-corrected chi connectivity index (χ3v) is 3.30. The molecule has 1 N–H and O–H groups in total. The summed E-state index contributed by atoms with van der Waals surface area (Å²) < 4.78 is 29.1. The highest BCUT2D eigenvalue weighted by Gasteiger charge is 2.09. The Hall–Kier alpha value is -3.69. The van der Waals surface area contributed by atoms with Crippen LogP contribution in [0.25, 0.3) is 11.4 Å². The molecule has 0 bridgehead atoms. The van der Waals surface area contributed by atoms with E-state index < -0.39 is 12.5 Å². The van der Waals surface area contributed by atoms with Crippen LogP contribution in [0.1, 0.15) is 5.56 Å². The first-order valence-electron chi connectivity index (χ1n) is 7.81. The van der Waals surface area contributed by atoms with Crippen molar-refractivity contribution in [3.8, 4) is 17.1 Å². The fourth-order valence-electron chi connectivity index (χ4n) is 2.14. The van der Waals surface area contributed by atoms with E-state index in [4.69, 9.17) is 0 Å². The van der Waals surface area contributed by atoms with Crippen molar-refractivity contribution < 1.29 is 18.3 Å². The Morgan fingerprint density at radius 2 is 1.93 bits per heavy atom. The molecule has 138 valence electrons. The number of hydrazone groups is 1. The molecule has 27 heavy (non-hydrogen) atoms. The second-order valence-electron chi connectivity index (χ2n) is 5.22. The van der Waals surface area contributed by atoms with E-state index >= 15 is 0 Å². The molecule has 0 saturated carbocycles. The van der Waals surface area contributed by atoms with E-state index in [9.17, 15) is 13.6 Å². The molecule has 0 unspecified atom stereocenters. The normalized spacial score (nSPS) is 11.1. The number of nitrogens with one attached hydrogen (secondary N) is 1. The minimum atomic E-state index is -2.95. The lowest BCUT2D eigenvalue weighted by Gasteiger charge is -2.06. The summed E-state index contributed by atoms with van der Waals surface area (Å²) in [6.45, 7) is -3.15. The Balaban J connectivity index is 1.58. The monoisotopic (exact) mass is 372 g/mol. The van der Waals surface area contributed by atoms with Crippen LogP contribution in [-0.4, -0.2) is 38.9 Å². The van der Waals surface area contributed by atoms with Crippen LogP contribution in [0.2, 0.25) is 0 Å². The fraction of sp³-hybridized carbons (Fsp3) is 0.118. The van der Waals surface area contributed by atoms with Crippen molar-refractivity contribution in [2.45, 2.75) is 13.2 Å². The highest BCUT2D eigenvalue weighted by molar-refractivity contribution is 5.85. The maximum absolute atomic E-state index is 12.4. The minimum absolute atomic E-state index is 0.0454. The average molecular weight is 372 g/mol. The number of nitrogens with zero attached hydrogens (tertiary/aromatic N) is 5. The molecule has 8 nitrogen and oxygen atoms in total. The van der Waals surface area contributed by atoms with Gasteiger partial charge in [-0.15, -0.1) is 10.2 Å². The first-order valence-corrected chi connectivity index (χ1v) is 7.81. The molecule has 0 spiro atoms. The molecule has 1 aromatic heterocycles. The molecule has 1 amide bonds. The lowest BCUT2D eigenvalue weighted by Crippen LogP contribution is -2.24. The lowest BCUT2D eigenvalue weighted by atomic mass is 10.2. The Bertz CT molecular complexity index is 930. The van der Waals surface area contributed by atoms with Gasteiger partial charge in [0.2, 0.25) is 5.82 Å². The lowest BCUT2D eigenvalue weighted by molar-refractivity contribution is -0.122. The molecule has 0 aliphatic heterocycles. The van der Waals surface area contributed by atoms with Gasteiger partial charge in [-0.3, -0.25) is 4.79 Å². The van der Waals surface area contributed by atoms with Gasteiger partial charge in [0.1, 0.15) is 12.3 Å². The van der Waals surface area contributed by atoms with Gasteiger partial charge in [-0.25, -0.2) is 5.43 Å². The fourth-order valence-corrected chi connectivity index (χ4v) is 2.14. The Morgan fingerprint density at radius 3 is 2.70 bits per heavy atom. The summed E-state index contributed by atoms with van der Waals surface area (Å²) in [5, 5.41) is 15.5. The summed E-state index contributed by atoms with van der Waals surface area (Å²) >= 11 is 0. The zero-order valence-corrected chi connectivity index (χ0v) is 13.9. The Morgan fingerprint density at radius 1 is 1.19 bits per heavy atom. The molecule has 0 fully saturated rings. The van der Waals surface area contributed by atoms with E-state index in [0.717, 1.165) is 10.4 Å². The van der Waals surface area contributed by atoms with Gasteiger partial charge in [-0.2, -0.15) is 18.7 Å². The second kappa shape index (κ2) is 8.61. The van der Waals surface area contributed by atoms with Gasteiger partial charge >= 0.3 is 6.61 Å². The quantitative estimate of drug-likeness (QED) is 0.506. The third kappa shape index (κ3) is 5.14. The smallest absolute Gasteiger partial charge is 0.387 e. The maximum Gasteiger partial charge on any atom is 0.387 e. The third-order valence-electron chi connectivity index (χ3n) is 3.30. The molecular weight excluding hydrogens is 358 g/mol. The maximum atomic E-state index is 12.4. The van der Waals surface area contributed by atoms with Crippen molar-refractivity contribution in [1.29, 1.82) is 0 Å². The number of para-hydroxylation sites is 1. The first kappa shape index (κ1) is 18.1. The van der Waals surface area contributed by atoms with Crippen LogP contribution in [0.5, 0.6) is 5.75 Å². The van der Waals surface area contributed by atoms with Gasteiger partial charge in [-0.1, -0.05) is 42.5 Å². The molecule has 0 radical (unpaired) electrons. The highest BCUT2D eigenvalue weighted by atomic mass is 19.3. The standard InChI is InChI=1S/C17H14F2N6O2/c18-17(19)27-14-9-5-4-8-13(14)10-20-21-15(26)11-25-23-16(22-24-25)12-6-2-1-3-7-12/h1-10,17H,11H2,(H,21,26)/b20-10+. The molecule has 0 saturated heterocycles. The number of rotatable bonds is 7. The van der Waals surface area contributed by atoms with E-state index in [-0.39, 0.29) is 12.3 Å². The van der Waals surface area contributed by atoms with Crippen molar-refractivity contribution in [3.63, 3.8) is 0 Å². The number of halogens is 2. The van der Waals surface area contributed by atoms with Gasteiger partial charge in [0.05, 0.1) is 6.21 Å². The number of ether oxygens (including phenoxy) is 1. The highest BCUT2D eigenvalue weighted by Crippen LogP contribution is 2.18. The molecule has 3 aromatic rings. The second-order valence-corrected chi connectivity index (χ2v) is 5.22. The number of hydrogen-bond acceptors (Lipinski definition) is 6. The summed E-state index contributed by atoms with van der Waals surface area (Å²) in [6.07, 6.45) is 1.21. The minimum Gasteiger partial charge on any atom is -0.434 e. The topological polar surface area (TPSA) is 94.3 Å². The summed E-state index contributed by atoms with van der Waals surface area (Å²) in [5.41, 5.74) is 3.34. The number of benzene rings is 2. The molecule has 2 aromatic carbocycles. The molecule has 1 heterocycles. The average Bonchev–Trinajstić information content (AvgIpc) is 3.12. The SMILES string of the molecule is O=C(Cn1nnc(-c2ccccc2)n1)N/N=C/c1ccccc1OC(F)F. The van der Waals surface area contributed by atoms with Crippen molar-refractivity contribution in [1.82, 2.24) is 25.6 Å². The van der Waals surface area contributed by atoms with Crippen LogP contribution in [0.15, 0.2) is 59.7 Å². The summed E-state index contributed by atoms with van der Waals surface area (Å²) in [4.78, 5) is 13.0. The van der Waals surface area contributed by atoms with Crippen molar-refractivity contribution >= 4 is 12.1 Å². The molecule has 0 aliphatic rings. The molecule has 0 aliphatic carbocycles. The Kier molecular flexibility index (Phi) is 5.77. The number of carbonyl (C=O) groups is 1. The number of tetrazole rings is 1. The van der Waals surface area contributed by atoms with Crippen LogP contribution in [0, 0.1) is 0 Å². The van der Waals surface area contributed by atoms with Crippen LogP contribution in [-0.2, 0) is 11.3 Å². The predicted molar refractivity (Wildman–Crippen MR) is 92.1 cm³/mol. The summed E-state index contributed by atoms with van der Waals surface area (Å²) in [7, 11) is 0. The number of carbonyl (C=O) groups excluding carboxylic acids is 1. The van der Waals surface area contributed by atoms with Gasteiger partial charge in [0, 0.05) is 11.1 Å². The van der Waals surface area contributed by atoms with Crippen LogP contribution in [0.3, 0.4) is 0 Å².